The molecule has 0 saturated carbocycles. The van der Waals surface area contributed by atoms with E-state index in [1.54, 1.807) is 0 Å². The molecule has 2 N–H and O–H groups in total. The van der Waals surface area contributed by atoms with Crippen molar-refractivity contribution in [3.05, 3.63) is 59.2 Å². The molecule has 3 rings (SSSR count). The zero-order chi connectivity index (χ0) is 25.2. The number of nitrogens with zero attached hydrogens (tertiary/aromatic N) is 1. The van der Waals surface area contributed by atoms with Gasteiger partial charge in [0.25, 0.3) is 5.91 Å². The van der Waals surface area contributed by atoms with Crippen molar-refractivity contribution in [3.8, 4) is 11.5 Å². The van der Waals surface area contributed by atoms with Crippen LogP contribution in [0.15, 0.2) is 42.5 Å². The second kappa shape index (κ2) is 12.8. The first-order valence-electron chi connectivity index (χ1n) is 12.1. The fourth-order valence-corrected chi connectivity index (χ4v) is 3.99. The number of unbranched alkanes of at least 4 members (excludes halogenated alkanes) is 2. The minimum Gasteiger partial charge on any atom is -0.494 e. The molecule has 0 atom stereocenters. The van der Waals surface area contributed by atoms with Crippen molar-refractivity contribution in [1.82, 2.24) is 4.90 Å². The number of rotatable bonds is 14. The molecule has 0 spiro atoms. The molecule has 1 aliphatic heterocycles. The summed E-state index contributed by atoms with van der Waals surface area (Å²) < 4.78 is 11.6. The number of amides is 1. The average Bonchev–Trinajstić information content (AvgIpc) is 2.82. The van der Waals surface area contributed by atoms with Gasteiger partial charge in [0.15, 0.2) is 0 Å². The number of aromatic carboxylic acids is 1. The first-order valence-corrected chi connectivity index (χ1v) is 12.1. The molecule has 0 aromatic heterocycles. The zero-order valence-electron chi connectivity index (χ0n) is 20.1. The number of carbonyl (C=O) groups is 3. The Labute approximate surface area is 205 Å². The molecule has 0 unspecified atom stereocenters. The third kappa shape index (κ3) is 7.73. The van der Waals surface area contributed by atoms with Crippen LogP contribution in [0.25, 0.3) is 0 Å². The van der Waals surface area contributed by atoms with Crippen LogP contribution in [0.3, 0.4) is 0 Å². The van der Waals surface area contributed by atoms with Crippen molar-refractivity contribution >= 4 is 17.8 Å². The van der Waals surface area contributed by atoms with Crippen LogP contribution >= 0.6 is 0 Å². The molecule has 0 bridgehead atoms. The van der Waals surface area contributed by atoms with Gasteiger partial charge in [-0.3, -0.25) is 9.59 Å². The minimum absolute atomic E-state index is 0.000289. The van der Waals surface area contributed by atoms with E-state index in [0.717, 1.165) is 50.0 Å². The van der Waals surface area contributed by atoms with Crippen LogP contribution in [0.1, 0.15) is 65.3 Å². The third-order valence-corrected chi connectivity index (χ3v) is 5.97. The smallest absolute Gasteiger partial charge is 0.335 e. The maximum absolute atomic E-state index is 12.9. The molecule has 35 heavy (non-hydrogen) atoms. The molecular weight excluding hydrogens is 450 g/mol. The molecule has 188 valence electrons. The molecule has 1 fully saturated rings. The molecule has 1 heterocycles. The van der Waals surface area contributed by atoms with Crippen molar-refractivity contribution in [2.24, 2.45) is 5.92 Å². The second-order valence-corrected chi connectivity index (χ2v) is 8.84. The molecule has 1 saturated heterocycles. The number of carbonyl (C=O) groups excluding carboxylic acids is 1. The van der Waals surface area contributed by atoms with E-state index in [0.29, 0.717) is 25.4 Å². The van der Waals surface area contributed by atoms with Gasteiger partial charge in [0.05, 0.1) is 30.8 Å². The number of likely N-dealkylation sites (tertiary alicyclic amines) is 1. The van der Waals surface area contributed by atoms with E-state index < -0.39 is 11.9 Å². The van der Waals surface area contributed by atoms with Crippen LogP contribution in [-0.2, 0) is 11.2 Å². The Kier molecular flexibility index (Phi) is 9.52. The highest BCUT2D eigenvalue weighted by Gasteiger charge is 2.34. The summed E-state index contributed by atoms with van der Waals surface area (Å²) in [6, 6.07) is 12.2. The lowest BCUT2D eigenvalue weighted by Crippen LogP contribution is -2.50. The lowest BCUT2D eigenvalue weighted by molar-refractivity contribution is -0.139. The fourth-order valence-electron chi connectivity index (χ4n) is 3.99. The van der Waals surface area contributed by atoms with E-state index >= 15 is 0 Å². The van der Waals surface area contributed by atoms with Gasteiger partial charge < -0.3 is 24.6 Å². The Bertz CT molecular complexity index is 1010. The Morgan fingerprint density at radius 1 is 0.943 bits per heavy atom. The lowest BCUT2D eigenvalue weighted by atomic mass is 9.95. The minimum atomic E-state index is -1.13. The molecule has 0 radical (unpaired) electrons. The van der Waals surface area contributed by atoms with Crippen LogP contribution in [0.2, 0.25) is 0 Å². The number of ether oxygens (including phenoxy) is 2. The summed E-state index contributed by atoms with van der Waals surface area (Å²) in [5, 5.41) is 18.2. The van der Waals surface area contributed by atoms with Crippen LogP contribution in [0, 0.1) is 5.92 Å². The summed E-state index contributed by atoms with van der Waals surface area (Å²) in [6.45, 7) is 3.91. The van der Waals surface area contributed by atoms with E-state index in [2.05, 4.69) is 6.92 Å². The summed E-state index contributed by atoms with van der Waals surface area (Å²) in [6.07, 6.45) is 4.89. The number of benzene rings is 2. The van der Waals surface area contributed by atoms with Gasteiger partial charge in [-0.25, -0.2) is 4.79 Å². The standard InChI is InChI=1S/C27H33NO7/c1-2-3-4-13-34-22-10-7-19(8-11-22)6-5-14-35-24-12-9-21(27(32)33)16-23(24)26(31)28-17-20(18-28)15-25(29)30/h7-12,16,20H,2-6,13-15,17-18H2,1H3,(H,29,30)(H,32,33). The van der Waals surface area contributed by atoms with E-state index in [9.17, 15) is 19.5 Å². The molecule has 2 aromatic carbocycles. The monoisotopic (exact) mass is 483 g/mol. The summed E-state index contributed by atoms with van der Waals surface area (Å²) in [7, 11) is 0. The summed E-state index contributed by atoms with van der Waals surface area (Å²) >= 11 is 0. The van der Waals surface area contributed by atoms with Crippen molar-refractivity contribution < 1.29 is 34.1 Å². The third-order valence-electron chi connectivity index (χ3n) is 5.97. The summed E-state index contributed by atoms with van der Waals surface area (Å²) in [4.78, 5) is 36.7. The normalized spacial score (nSPS) is 13.2. The number of aryl methyl sites for hydroxylation is 1. The van der Waals surface area contributed by atoms with Crippen molar-refractivity contribution in [3.63, 3.8) is 0 Å². The van der Waals surface area contributed by atoms with Gasteiger partial charge in [-0.15, -0.1) is 0 Å². The molecule has 2 aromatic rings. The average molecular weight is 484 g/mol. The highest BCUT2D eigenvalue weighted by atomic mass is 16.5. The number of hydrogen-bond acceptors (Lipinski definition) is 5. The van der Waals surface area contributed by atoms with Crippen molar-refractivity contribution in [2.75, 3.05) is 26.3 Å². The van der Waals surface area contributed by atoms with Gasteiger partial charge in [0, 0.05) is 19.0 Å². The lowest BCUT2D eigenvalue weighted by Gasteiger charge is -2.38. The fraction of sp³-hybridized carbons (Fsp3) is 0.444. The van der Waals surface area contributed by atoms with Crippen LogP contribution < -0.4 is 9.47 Å². The van der Waals surface area contributed by atoms with Crippen LogP contribution in [0.4, 0.5) is 0 Å². The quantitative estimate of drug-likeness (QED) is 0.380. The molecule has 8 nitrogen and oxygen atoms in total. The Morgan fingerprint density at radius 2 is 1.66 bits per heavy atom. The predicted octanol–water partition coefficient (Wildman–Crippen LogP) is 4.51. The highest BCUT2D eigenvalue weighted by Crippen LogP contribution is 2.27. The zero-order valence-corrected chi connectivity index (χ0v) is 20.1. The van der Waals surface area contributed by atoms with E-state index in [4.69, 9.17) is 14.6 Å². The summed E-state index contributed by atoms with van der Waals surface area (Å²) in [5.41, 5.74) is 1.33. The first kappa shape index (κ1) is 26.1. The van der Waals surface area contributed by atoms with Crippen molar-refractivity contribution in [1.29, 1.82) is 0 Å². The molecule has 8 heteroatoms. The SMILES string of the molecule is CCCCCOc1ccc(CCCOc2ccc(C(=O)O)cc2C(=O)N2CC(CC(=O)O)C2)cc1. The largest absolute Gasteiger partial charge is 0.494 e. The second-order valence-electron chi connectivity index (χ2n) is 8.84. The Hall–Kier alpha value is -3.55. The highest BCUT2D eigenvalue weighted by molar-refractivity contribution is 6.00. The van der Waals surface area contributed by atoms with Gasteiger partial charge in [-0.1, -0.05) is 31.9 Å². The molecule has 1 aliphatic rings. The van der Waals surface area contributed by atoms with Crippen LogP contribution in [0.5, 0.6) is 11.5 Å². The van der Waals surface area contributed by atoms with Gasteiger partial charge >= 0.3 is 11.9 Å². The first-order chi connectivity index (χ1) is 16.9. The Balaban J connectivity index is 1.52. The number of aliphatic carboxylic acids is 1. The van der Waals surface area contributed by atoms with Gasteiger partial charge in [0.2, 0.25) is 0 Å². The van der Waals surface area contributed by atoms with Gasteiger partial charge in [-0.05, 0) is 55.2 Å². The predicted molar refractivity (Wildman–Crippen MR) is 130 cm³/mol. The summed E-state index contributed by atoms with van der Waals surface area (Å²) in [5.74, 6) is -1.27. The van der Waals surface area contributed by atoms with Gasteiger partial charge in [-0.2, -0.15) is 0 Å². The van der Waals surface area contributed by atoms with E-state index in [-0.39, 0.29) is 29.4 Å². The number of hydrogen-bond donors (Lipinski definition) is 2. The molecule has 1 amide bonds. The topological polar surface area (TPSA) is 113 Å². The van der Waals surface area contributed by atoms with Crippen molar-refractivity contribution in [2.45, 2.75) is 45.4 Å². The molecule has 0 aliphatic carbocycles. The maximum Gasteiger partial charge on any atom is 0.335 e. The van der Waals surface area contributed by atoms with E-state index in [1.165, 1.54) is 23.1 Å². The number of carboxylic acids is 2. The number of carboxylic acid groups (broad SMARTS) is 2. The Morgan fingerprint density at radius 3 is 2.31 bits per heavy atom. The van der Waals surface area contributed by atoms with Gasteiger partial charge in [0.1, 0.15) is 11.5 Å². The molecular formula is C27H33NO7. The van der Waals surface area contributed by atoms with Crippen LogP contribution in [-0.4, -0.2) is 59.3 Å². The van der Waals surface area contributed by atoms with E-state index in [1.807, 2.05) is 24.3 Å². The maximum atomic E-state index is 12.9.